The molecule has 0 N–H and O–H groups in total. The minimum Gasteiger partial charge on any atom is -0.292 e. The Labute approximate surface area is 273 Å². The summed E-state index contributed by atoms with van der Waals surface area (Å²) in [6.07, 6.45) is 5.95. The molecule has 0 amide bonds. The first kappa shape index (κ1) is 27.3. The van der Waals surface area contributed by atoms with Gasteiger partial charge in [-0.25, -0.2) is 4.98 Å². The summed E-state index contributed by atoms with van der Waals surface area (Å²) in [5.41, 5.74) is 9.37. The first-order valence-corrected chi connectivity index (χ1v) is 16.2. The van der Waals surface area contributed by atoms with Gasteiger partial charge in [0, 0.05) is 34.4 Å². The average molecular weight is 602 g/mol. The highest BCUT2D eigenvalue weighted by Crippen LogP contribution is 2.40. The van der Waals surface area contributed by atoms with Crippen LogP contribution in [0.3, 0.4) is 0 Å². The molecule has 0 radical (unpaired) electrons. The molecule has 7 aromatic carbocycles. The third kappa shape index (κ3) is 4.76. The van der Waals surface area contributed by atoms with Gasteiger partial charge >= 0.3 is 0 Å². The molecule has 0 spiro atoms. The molecule has 0 fully saturated rings. The third-order valence-electron chi connectivity index (χ3n) is 9.41. The van der Waals surface area contributed by atoms with Crippen LogP contribution in [0.25, 0.3) is 71.6 Å². The maximum atomic E-state index is 5.45. The lowest BCUT2D eigenvalue weighted by Gasteiger charge is -2.14. The Morgan fingerprint density at radius 3 is 1.87 bits per heavy atom. The molecule has 0 aliphatic heterocycles. The highest BCUT2D eigenvalue weighted by molar-refractivity contribution is 6.24. The third-order valence-corrected chi connectivity index (χ3v) is 9.41. The summed E-state index contributed by atoms with van der Waals surface area (Å²) in [6, 6.07) is 54.4. The molecule has 47 heavy (non-hydrogen) atoms. The molecule has 0 aliphatic rings. The Hall–Kier alpha value is -6.06. The van der Waals surface area contributed by atoms with Crippen LogP contribution in [0.5, 0.6) is 0 Å². The summed E-state index contributed by atoms with van der Waals surface area (Å²) in [7, 11) is 0. The molecule has 2 aromatic heterocycles. The molecule has 2 heterocycles. The molecule has 0 aliphatic carbocycles. The van der Waals surface area contributed by atoms with Gasteiger partial charge in [-0.05, 0) is 74.8 Å². The van der Waals surface area contributed by atoms with Gasteiger partial charge < -0.3 is 0 Å². The second-order valence-electron chi connectivity index (χ2n) is 12.2. The maximum Gasteiger partial charge on any atom is 0.146 e. The molecular weight excluding hydrogens is 571 g/mol. The summed E-state index contributed by atoms with van der Waals surface area (Å²) in [5.74, 6) is 0.925. The number of nitrogens with zero attached hydrogens (tertiary/aromatic N) is 3. The van der Waals surface area contributed by atoms with E-state index in [1.807, 2.05) is 12.4 Å². The number of rotatable bonds is 6. The molecule has 0 saturated heterocycles. The number of hydrogen-bond donors (Lipinski definition) is 0. The van der Waals surface area contributed by atoms with Gasteiger partial charge in [0.15, 0.2) is 0 Å². The fourth-order valence-electron chi connectivity index (χ4n) is 7.05. The van der Waals surface area contributed by atoms with Crippen molar-refractivity contribution >= 4 is 43.4 Å². The van der Waals surface area contributed by atoms with Gasteiger partial charge in [-0.15, -0.1) is 0 Å². The van der Waals surface area contributed by atoms with Crippen molar-refractivity contribution in [3.8, 4) is 28.2 Å². The minimum atomic E-state index is 0.925. The number of fused-ring (bicyclic) bond motifs is 7. The first-order chi connectivity index (χ1) is 23.3. The van der Waals surface area contributed by atoms with Crippen LogP contribution < -0.4 is 0 Å². The lowest BCUT2D eigenvalue weighted by Crippen LogP contribution is -1.99. The van der Waals surface area contributed by atoms with Crippen LogP contribution in [0.4, 0.5) is 0 Å². The summed E-state index contributed by atoms with van der Waals surface area (Å²) in [4.78, 5) is 10.0. The maximum absolute atomic E-state index is 5.45. The van der Waals surface area contributed by atoms with E-state index in [0.717, 1.165) is 51.7 Å². The van der Waals surface area contributed by atoms with Crippen molar-refractivity contribution in [3.05, 3.63) is 175 Å². The number of benzene rings is 7. The van der Waals surface area contributed by atoms with E-state index in [1.165, 1.54) is 43.8 Å². The van der Waals surface area contributed by atoms with Gasteiger partial charge in [-0.2, -0.15) is 0 Å². The molecule has 9 aromatic rings. The largest absolute Gasteiger partial charge is 0.292 e. The van der Waals surface area contributed by atoms with Gasteiger partial charge in [0.25, 0.3) is 0 Å². The SMILES string of the molecule is c1ccc(CCc2ccc(-c3ccc(-n4c(-c5cccc6ccccc56)nc5c6ccccc6c6ccncc6c54)cc3)cc2)cc1. The van der Waals surface area contributed by atoms with Crippen molar-refractivity contribution in [3.63, 3.8) is 0 Å². The van der Waals surface area contributed by atoms with Crippen molar-refractivity contribution in [2.24, 2.45) is 0 Å². The molecule has 0 unspecified atom stereocenters. The Morgan fingerprint density at radius 1 is 0.468 bits per heavy atom. The highest BCUT2D eigenvalue weighted by Gasteiger charge is 2.21. The second kappa shape index (κ2) is 11.4. The minimum absolute atomic E-state index is 0.925. The monoisotopic (exact) mass is 601 g/mol. The van der Waals surface area contributed by atoms with E-state index in [0.29, 0.717) is 0 Å². The van der Waals surface area contributed by atoms with Crippen LogP contribution in [0, 0.1) is 0 Å². The van der Waals surface area contributed by atoms with Crippen LogP contribution in [0.2, 0.25) is 0 Å². The van der Waals surface area contributed by atoms with E-state index in [9.17, 15) is 0 Å². The first-order valence-electron chi connectivity index (χ1n) is 16.2. The van der Waals surface area contributed by atoms with Crippen molar-refractivity contribution in [1.82, 2.24) is 14.5 Å². The quantitative estimate of drug-likeness (QED) is 0.178. The molecular formula is C44H31N3. The zero-order valence-electron chi connectivity index (χ0n) is 25.8. The van der Waals surface area contributed by atoms with Crippen molar-refractivity contribution < 1.29 is 0 Å². The van der Waals surface area contributed by atoms with E-state index in [1.54, 1.807) is 0 Å². The number of hydrogen-bond acceptors (Lipinski definition) is 2. The molecule has 222 valence electrons. The smallest absolute Gasteiger partial charge is 0.146 e. The molecule has 3 nitrogen and oxygen atoms in total. The zero-order chi connectivity index (χ0) is 31.2. The van der Waals surface area contributed by atoms with Crippen LogP contribution in [0.15, 0.2) is 164 Å². The Kier molecular flexibility index (Phi) is 6.60. The van der Waals surface area contributed by atoms with E-state index < -0.39 is 0 Å². The second-order valence-corrected chi connectivity index (χ2v) is 12.2. The van der Waals surface area contributed by atoms with Crippen LogP contribution in [-0.2, 0) is 12.8 Å². The average Bonchev–Trinajstić information content (AvgIpc) is 3.56. The van der Waals surface area contributed by atoms with Gasteiger partial charge in [0.1, 0.15) is 5.82 Å². The highest BCUT2D eigenvalue weighted by atomic mass is 15.1. The molecule has 0 bridgehead atoms. The van der Waals surface area contributed by atoms with E-state index in [-0.39, 0.29) is 0 Å². The molecule has 0 atom stereocenters. The lowest BCUT2D eigenvalue weighted by atomic mass is 10.00. The van der Waals surface area contributed by atoms with Crippen LogP contribution in [-0.4, -0.2) is 14.5 Å². The standard InChI is InChI=1S/C44H31N3/c1-2-9-30(10-3-1)17-18-31-19-21-32(22-20-31)33-23-25-35(26-24-33)47-43-41-29-45-28-27-38(41)37-14-6-7-15-39(37)42(43)46-44(47)40-16-8-12-34-11-4-5-13-36(34)40/h1-16,19-29H,17-18H2. The van der Waals surface area contributed by atoms with E-state index in [4.69, 9.17) is 4.98 Å². The van der Waals surface area contributed by atoms with Crippen molar-refractivity contribution in [2.75, 3.05) is 0 Å². The number of imidazole rings is 1. The Balaban J connectivity index is 1.19. The summed E-state index contributed by atoms with van der Waals surface area (Å²) >= 11 is 0. The molecule has 9 rings (SSSR count). The van der Waals surface area contributed by atoms with E-state index in [2.05, 4.69) is 161 Å². The van der Waals surface area contributed by atoms with Crippen LogP contribution in [0.1, 0.15) is 11.1 Å². The number of aryl methyl sites for hydroxylation is 2. The Morgan fingerprint density at radius 2 is 1.09 bits per heavy atom. The fraction of sp³-hybridized carbons (Fsp3) is 0.0455. The van der Waals surface area contributed by atoms with Crippen molar-refractivity contribution in [2.45, 2.75) is 12.8 Å². The predicted octanol–water partition coefficient (Wildman–Crippen LogP) is 11.0. The van der Waals surface area contributed by atoms with Gasteiger partial charge in [0.2, 0.25) is 0 Å². The summed E-state index contributed by atoms with van der Waals surface area (Å²) in [5, 5.41) is 6.98. The molecule has 0 saturated carbocycles. The predicted molar refractivity (Wildman–Crippen MR) is 196 cm³/mol. The normalized spacial score (nSPS) is 11.6. The van der Waals surface area contributed by atoms with Gasteiger partial charge in [-0.1, -0.05) is 133 Å². The number of aromatic nitrogens is 3. The zero-order valence-corrected chi connectivity index (χ0v) is 25.8. The van der Waals surface area contributed by atoms with Crippen molar-refractivity contribution in [1.29, 1.82) is 0 Å². The van der Waals surface area contributed by atoms with Gasteiger partial charge in [0.05, 0.1) is 11.0 Å². The Bertz CT molecular complexity index is 2540. The molecule has 3 heteroatoms. The van der Waals surface area contributed by atoms with Gasteiger partial charge in [-0.3, -0.25) is 9.55 Å². The summed E-state index contributed by atoms with van der Waals surface area (Å²) in [6.45, 7) is 0. The van der Waals surface area contributed by atoms with Crippen LogP contribution >= 0.6 is 0 Å². The summed E-state index contributed by atoms with van der Waals surface area (Å²) < 4.78 is 2.34. The number of pyridine rings is 1. The topological polar surface area (TPSA) is 30.7 Å². The lowest BCUT2D eigenvalue weighted by molar-refractivity contribution is 0.960. The fourth-order valence-corrected chi connectivity index (χ4v) is 7.05. The van der Waals surface area contributed by atoms with E-state index >= 15 is 0 Å².